The second-order valence-electron chi connectivity index (χ2n) is 13.9. The van der Waals surface area contributed by atoms with Crippen molar-refractivity contribution in [3.05, 3.63) is 218 Å². The lowest BCUT2D eigenvalue weighted by molar-refractivity contribution is 0.671. The number of nitrogens with zero attached hydrogens (tertiary/aromatic N) is 1. The zero-order chi connectivity index (χ0) is 36.7. The van der Waals surface area contributed by atoms with Crippen LogP contribution in [0.4, 0.5) is 5.69 Å². The van der Waals surface area contributed by atoms with Gasteiger partial charge in [-0.15, -0.1) is 0 Å². The van der Waals surface area contributed by atoms with E-state index in [1.54, 1.807) is 0 Å². The Morgan fingerprint density at radius 3 is 2.13 bits per heavy atom. The van der Waals surface area contributed by atoms with E-state index in [1.807, 2.05) is 24.4 Å². The summed E-state index contributed by atoms with van der Waals surface area (Å²) in [7, 11) is 0. The highest BCUT2D eigenvalue weighted by Gasteiger charge is 2.20. The van der Waals surface area contributed by atoms with E-state index in [0.717, 1.165) is 77.4 Å². The fraction of sp³-hybridized carbons (Fsp3) is 0. The normalized spacial score (nSPS) is 12.1. The number of para-hydroxylation sites is 1. The molecule has 0 aliphatic carbocycles. The summed E-state index contributed by atoms with van der Waals surface area (Å²) in [5.74, 6) is 0. The maximum atomic E-state index is 6.72. The van der Waals surface area contributed by atoms with Crippen molar-refractivity contribution in [3.8, 4) is 16.8 Å². The summed E-state index contributed by atoms with van der Waals surface area (Å²) in [5.41, 5.74) is 12.6. The SMILES string of the molecule is C=C(/C=C(\C=C/Nc1cccc(-c2ccccc2)c1)c1ccc2c(c1)c1ccc3c4ccccc4oc3c1n2-c1cccc2ccccc12)c1ccccc1. The number of rotatable bonds is 8. The molecule has 0 bridgehead atoms. The van der Waals surface area contributed by atoms with Gasteiger partial charge in [-0.2, -0.15) is 0 Å². The number of nitrogens with one attached hydrogen (secondary N) is 1. The van der Waals surface area contributed by atoms with Gasteiger partial charge in [0.15, 0.2) is 5.58 Å². The topological polar surface area (TPSA) is 30.1 Å². The van der Waals surface area contributed by atoms with Crippen molar-refractivity contribution in [2.75, 3.05) is 5.32 Å². The molecule has 0 amide bonds. The number of aromatic nitrogens is 1. The van der Waals surface area contributed by atoms with Gasteiger partial charge < -0.3 is 14.3 Å². The first-order chi connectivity index (χ1) is 27.2. The van der Waals surface area contributed by atoms with E-state index in [1.165, 1.54) is 21.9 Å². The van der Waals surface area contributed by atoms with Crippen molar-refractivity contribution in [2.45, 2.75) is 0 Å². The number of allylic oxidation sites excluding steroid dienone is 4. The molecule has 0 aliphatic rings. The first-order valence-corrected chi connectivity index (χ1v) is 18.6. The van der Waals surface area contributed by atoms with Crippen molar-refractivity contribution in [1.29, 1.82) is 0 Å². The van der Waals surface area contributed by atoms with Crippen molar-refractivity contribution in [2.24, 2.45) is 0 Å². The van der Waals surface area contributed by atoms with E-state index in [9.17, 15) is 0 Å². The molecule has 0 unspecified atom stereocenters. The van der Waals surface area contributed by atoms with Crippen LogP contribution in [0.1, 0.15) is 11.1 Å². The van der Waals surface area contributed by atoms with Crippen molar-refractivity contribution >= 4 is 71.4 Å². The Morgan fingerprint density at radius 1 is 0.545 bits per heavy atom. The minimum Gasteiger partial charge on any atom is -0.454 e. The fourth-order valence-corrected chi connectivity index (χ4v) is 7.91. The van der Waals surface area contributed by atoms with Gasteiger partial charge in [0.05, 0.1) is 16.7 Å². The Bertz CT molecular complexity index is 3120. The molecular weight excluding hydrogens is 669 g/mol. The Balaban J connectivity index is 1.15. The third-order valence-corrected chi connectivity index (χ3v) is 10.6. The summed E-state index contributed by atoms with van der Waals surface area (Å²) in [5, 5.41) is 10.4. The molecule has 2 heterocycles. The molecule has 3 heteroatoms. The molecule has 3 nitrogen and oxygen atoms in total. The predicted molar refractivity (Wildman–Crippen MR) is 234 cm³/mol. The molecule has 10 rings (SSSR count). The lowest BCUT2D eigenvalue weighted by atomic mass is 9.98. The van der Waals surface area contributed by atoms with Gasteiger partial charge in [0.2, 0.25) is 0 Å². The maximum Gasteiger partial charge on any atom is 0.160 e. The molecule has 0 saturated carbocycles. The van der Waals surface area contributed by atoms with Crippen LogP contribution in [0.25, 0.3) is 82.5 Å². The van der Waals surface area contributed by atoms with Crippen LogP contribution in [0.2, 0.25) is 0 Å². The molecule has 10 aromatic rings. The number of hydrogen-bond acceptors (Lipinski definition) is 2. The van der Waals surface area contributed by atoms with E-state index in [4.69, 9.17) is 4.42 Å². The number of fused-ring (bicyclic) bond motifs is 8. The van der Waals surface area contributed by atoms with Gasteiger partial charge in [-0.3, -0.25) is 0 Å². The first kappa shape index (κ1) is 32.3. The van der Waals surface area contributed by atoms with E-state index in [-0.39, 0.29) is 0 Å². The van der Waals surface area contributed by atoms with E-state index in [2.05, 4.69) is 192 Å². The molecule has 0 fully saturated rings. The number of hydrogen-bond donors (Lipinski definition) is 1. The van der Waals surface area contributed by atoms with Gasteiger partial charge in [0, 0.05) is 38.8 Å². The zero-order valence-electron chi connectivity index (χ0n) is 30.1. The Hall–Kier alpha value is -7.36. The standard InChI is InChI=1S/C52H36N2O/c1-35(36-14-4-2-5-15-36)32-41(30-31-53-42-21-12-20-39(33-42)37-16-6-3-7-17-37)40-26-29-49-47(34-40)45-27-28-46-44-23-10-11-25-50(44)55-52(46)51(45)54(49)48-24-13-19-38-18-8-9-22-43(38)48/h2-34,53H,1H2/b31-30-,41-32+. The van der Waals surface area contributed by atoms with Crippen molar-refractivity contribution in [3.63, 3.8) is 0 Å². The van der Waals surface area contributed by atoms with Gasteiger partial charge in [-0.05, 0) is 93.4 Å². The third kappa shape index (κ3) is 5.80. The van der Waals surface area contributed by atoms with E-state index < -0.39 is 0 Å². The maximum absolute atomic E-state index is 6.72. The Kier molecular flexibility index (Phi) is 7.96. The average molecular weight is 705 g/mol. The van der Waals surface area contributed by atoms with Gasteiger partial charge in [-0.1, -0.05) is 146 Å². The Labute approximate surface area is 319 Å². The monoisotopic (exact) mass is 704 g/mol. The summed E-state index contributed by atoms with van der Waals surface area (Å²) < 4.78 is 9.11. The van der Waals surface area contributed by atoms with Crippen LogP contribution in [-0.4, -0.2) is 4.57 Å². The molecule has 2 aromatic heterocycles. The highest BCUT2D eigenvalue weighted by molar-refractivity contribution is 6.22. The molecule has 0 spiro atoms. The molecule has 1 N–H and O–H groups in total. The van der Waals surface area contributed by atoms with Gasteiger partial charge >= 0.3 is 0 Å². The minimum absolute atomic E-state index is 0.886. The number of benzene rings is 8. The minimum atomic E-state index is 0.886. The van der Waals surface area contributed by atoms with Crippen molar-refractivity contribution < 1.29 is 4.42 Å². The van der Waals surface area contributed by atoms with Crippen LogP contribution in [0.5, 0.6) is 0 Å². The van der Waals surface area contributed by atoms with Gasteiger partial charge in [0.25, 0.3) is 0 Å². The van der Waals surface area contributed by atoms with Crippen LogP contribution in [-0.2, 0) is 0 Å². The smallest absolute Gasteiger partial charge is 0.160 e. The number of furan rings is 1. The fourth-order valence-electron chi connectivity index (χ4n) is 7.91. The van der Waals surface area contributed by atoms with Crippen LogP contribution >= 0.6 is 0 Å². The van der Waals surface area contributed by atoms with Crippen LogP contribution in [0, 0.1) is 0 Å². The number of anilines is 1. The summed E-state index contributed by atoms with van der Waals surface area (Å²) in [4.78, 5) is 0. The summed E-state index contributed by atoms with van der Waals surface area (Å²) in [6.07, 6.45) is 6.35. The van der Waals surface area contributed by atoms with Crippen LogP contribution in [0.15, 0.2) is 211 Å². The lowest BCUT2D eigenvalue weighted by Gasteiger charge is -2.12. The second-order valence-corrected chi connectivity index (χ2v) is 13.9. The highest BCUT2D eigenvalue weighted by atomic mass is 16.3. The van der Waals surface area contributed by atoms with Crippen LogP contribution in [0.3, 0.4) is 0 Å². The molecule has 0 radical (unpaired) electrons. The first-order valence-electron chi connectivity index (χ1n) is 18.6. The largest absolute Gasteiger partial charge is 0.454 e. The summed E-state index contributed by atoms with van der Waals surface area (Å²) in [6, 6.07) is 64.0. The zero-order valence-corrected chi connectivity index (χ0v) is 30.1. The molecule has 260 valence electrons. The predicted octanol–water partition coefficient (Wildman–Crippen LogP) is 14.2. The molecule has 0 aliphatic heterocycles. The molecule has 0 atom stereocenters. The van der Waals surface area contributed by atoms with E-state index >= 15 is 0 Å². The average Bonchev–Trinajstić information content (AvgIpc) is 3.79. The molecule has 0 saturated heterocycles. The quantitative estimate of drug-likeness (QED) is 0.160. The third-order valence-electron chi connectivity index (χ3n) is 10.6. The molecule has 55 heavy (non-hydrogen) atoms. The lowest BCUT2D eigenvalue weighted by Crippen LogP contribution is -1.96. The highest BCUT2D eigenvalue weighted by Crippen LogP contribution is 2.42. The summed E-state index contributed by atoms with van der Waals surface area (Å²) in [6.45, 7) is 4.49. The van der Waals surface area contributed by atoms with Gasteiger partial charge in [0.1, 0.15) is 5.58 Å². The molecular formula is C52H36N2O. The van der Waals surface area contributed by atoms with E-state index in [0.29, 0.717) is 0 Å². The van der Waals surface area contributed by atoms with Gasteiger partial charge in [-0.25, -0.2) is 0 Å². The van der Waals surface area contributed by atoms with Crippen LogP contribution < -0.4 is 5.32 Å². The van der Waals surface area contributed by atoms with Crippen molar-refractivity contribution in [1.82, 2.24) is 4.57 Å². The second kappa shape index (κ2) is 13.6. The molecule has 8 aromatic carbocycles. The summed E-state index contributed by atoms with van der Waals surface area (Å²) >= 11 is 0. The Morgan fingerprint density at radius 2 is 1.25 bits per heavy atom.